The van der Waals surface area contributed by atoms with Crippen molar-refractivity contribution in [2.24, 2.45) is 46.8 Å². The van der Waals surface area contributed by atoms with Gasteiger partial charge < -0.3 is 18.8 Å². The Morgan fingerprint density at radius 2 is 1.65 bits per heavy atom. The molecular weight excluding hydrogens is 536 g/mol. The summed E-state index contributed by atoms with van der Waals surface area (Å²) in [6.45, 7) is 5.06. The molecular formula is C30H35O9S-. The van der Waals surface area contributed by atoms with Gasteiger partial charge in [-0.3, -0.25) is 14.4 Å². The average molecular weight is 572 g/mol. The van der Waals surface area contributed by atoms with E-state index in [2.05, 4.69) is 0 Å². The number of hydrogen-bond donors (Lipinski definition) is 0. The minimum Gasteiger partial charge on any atom is -0.744 e. The van der Waals surface area contributed by atoms with Gasteiger partial charge in [0, 0.05) is 11.8 Å². The molecule has 10 heteroatoms. The Morgan fingerprint density at radius 1 is 1.02 bits per heavy atom. The second kappa shape index (κ2) is 8.77. The molecule has 216 valence electrons. The summed E-state index contributed by atoms with van der Waals surface area (Å²) in [6, 6.07) is 2.66. The first kappa shape index (κ1) is 26.4. The van der Waals surface area contributed by atoms with Crippen LogP contribution in [0.15, 0.2) is 17.0 Å². The van der Waals surface area contributed by atoms with E-state index in [1.54, 1.807) is 20.8 Å². The van der Waals surface area contributed by atoms with Crippen LogP contribution in [0.1, 0.15) is 75.8 Å². The third-order valence-electron chi connectivity index (χ3n) is 10.9. The minimum absolute atomic E-state index is 0.147. The van der Waals surface area contributed by atoms with E-state index >= 15 is 0 Å². The number of rotatable bonds is 6. The van der Waals surface area contributed by atoms with Crippen LogP contribution in [-0.4, -0.2) is 43.1 Å². The van der Waals surface area contributed by atoms with Crippen LogP contribution in [0.4, 0.5) is 0 Å². The van der Waals surface area contributed by atoms with Gasteiger partial charge in [-0.1, -0.05) is 13.8 Å². The van der Waals surface area contributed by atoms with Gasteiger partial charge >= 0.3 is 17.9 Å². The summed E-state index contributed by atoms with van der Waals surface area (Å²) in [5, 5.41) is 0. The van der Waals surface area contributed by atoms with Gasteiger partial charge in [-0.05, 0) is 98.8 Å². The van der Waals surface area contributed by atoms with Crippen LogP contribution >= 0.6 is 0 Å². The molecule has 7 aliphatic rings. The molecule has 6 bridgehead atoms. The Bertz CT molecular complexity index is 1380. The van der Waals surface area contributed by atoms with Crippen molar-refractivity contribution in [1.82, 2.24) is 0 Å². The highest BCUT2D eigenvalue weighted by Gasteiger charge is 2.71. The second-order valence-electron chi connectivity index (χ2n) is 13.8. The zero-order chi connectivity index (χ0) is 28.3. The smallest absolute Gasteiger partial charge is 0.315 e. The summed E-state index contributed by atoms with van der Waals surface area (Å²) < 4.78 is 53.2. The fourth-order valence-electron chi connectivity index (χ4n) is 9.71. The van der Waals surface area contributed by atoms with Crippen molar-refractivity contribution < 1.29 is 41.6 Å². The Labute approximate surface area is 234 Å². The van der Waals surface area contributed by atoms with Crippen molar-refractivity contribution in [3.8, 4) is 5.75 Å². The standard InChI is InChI=1S/C30H36O9S/c1-13(2)18-9-21(14(3)4-22(18)40(34,35)36)37-27(31)23-20-8-19-24(23)28(32)38-25(19)26(20)39-29(33)30-10-15-5-16(11-30)7-17(6-15)12-30/h4,9,13,15-17,19-20,23-26H,5-8,10-12H2,1-3H3,(H,34,35,36)/p-1. The molecule has 1 aromatic rings. The van der Waals surface area contributed by atoms with E-state index < -0.39 is 51.5 Å². The lowest BCUT2D eigenvalue weighted by atomic mass is 9.49. The Balaban J connectivity index is 1.14. The quantitative estimate of drug-likeness (QED) is 0.283. The number of hydrogen-bond acceptors (Lipinski definition) is 9. The first-order valence-corrected chi connectivity index (χ1v) is 16.0. The van der Waals surface area contributed by atoms with E-state index in [0.717, 1.165) is 19.3 Å². The van der Waals surface area contributed by atoms with Crippen LogP contribution < -0.4 is 4.74 Å². The molecule has 0 radical (unpaired) electrons. The van der Waals surface area contributed by atoms with Crippen LogP contribution in [0.3, 0.4) is 0 Å². The van der Waals surface area contributed by atoms with Gasteiger partial charge in [-0.2, -0.15) is 0 Å². The highest BCUT2D eigenvalue weighted by molar-refractivity contribution is 7.85. The van der Waals surface area contributed by atoms with Gasteiger partial charge in [0.1, 0.15) is 28.1 Å². The second-order valence-corrected chi connectivity index (χ2v) is 15.1. The molecule has 1 aromatic carbocycles. The maximum Gasteiger partial charge on any atom is 0.315 e. The van der Waals surface area contributed by atoms with Crippen molar-refractivity contribution >= 4 is 28.0 Å². The number of carbonyl (C=O) groups is 3. The van der Waals surface area contributed by atoms with Gasteiger partial charge in [-0.25, -0.2) is 8.42 Å². The summed E-state index contributed by atoms with van der Waals surface area (Å²) in [6.07, 6.45) is 5.55. The number of fused-ring (bicyclic) bond motifs is 1. The van der Waals surface area contributed by atoms with E-state index in [1.807, 2.05) is 0 Å². The predicted octanol–water partition coefficient (Wildman–Crippen LogP) is 3.86. The van der Waals surface area contributed by atoms with Crippen LogP contribution in [0.5, 0.6) is 5.75 Å². The Kier molecular flexibility index (Phi) is 5.80. The SMILES string of the molecule is Cc1cc(S(=O)(=O)[O-])c(C(C)C)cc1OC(=O)C1C2CC3C(OC(=O)C31)C2OC(=O)C12CC3CC(CC(C3)C1)C2. The molecule has 6 unspecified atom stereocenters. The zero-order valence-electron chi connectivity index (χ0n) is 23.0. The third kappa shape index (κ3) is 3.88. The van der Waals surface area contributed by atoms with E-state index in [9.17, 15) is 27.4 Å². The molecule has 6 saturated carbocycles. The topological polar surface area (TPSA) is 136 Å². The van der Waals surface area contributed by atoms with Crippen LogP contribution in [0.25, 0.3) is 0 Å². The highest BCUT2D eigenvalue weighted by Crippen LogP contribution is 2.62. The summed E-state index contributed by atoms with van der Waals surface area (Å²) in [4.78, 5) is 40.0. The van der Waals surface area contributed by atoms with Crippen LogP contribution in [0, 0.1) is 53.8 Å². The molecule has 8 rings (SSSR count). The highest BCUT2D eigenvalue weighted by atomic mass is 32.2. The number of aryl methyl sites for hydroxylation is 1. The first-order chi connectivity index (χ1) is 18.8. The number of carbonyl (C=O) groups excluding carboxylic acids is 3. The summed E-state index contributed by atoms with van der Waals surface area (Å²) in [5.41, 5.74) is 0.133. The molecule has 7 fully saturated rings. The van der Waals surface area contributed by atoms with Crippen molar-refractivity contribution in [3.63, 3.8) is 0 Å². The maximum absolute atomic E-state index is 13.8. The van der Waals surface area contributed by atoms with Gasteiger partial charge in [0.2, 0.25) is 0 Å². The van der Waals surface area contributed by atoms with E-state index in [4.69, 9.17) is 14.2 Å². The van der Waals surface area contributed by atoms with Gasteiger partial charge in [0.05, 0.1) is 22.1 Å². The largest absolute Gasteiger partial charge is 0.744 e. The molecule has 40 heavy (non-hydrogen) atoms. The van der Waals surface area contributed by atoms with Crippen LogP contribution in [-0.2, 0) is 34.0 Å². The third-order valence-corrected chi connectivity index (χ3v) is 11.8. The predicted molar refractivity (Wildman–Crippen MR) is 138 cm³/mol. The molecule has 0 spiro atoms. The summed E-state index contributed by atoms with van der Waals surface area (Å²) >= 11 is 0. The van der Waals surface area contributed by atoms with Crippen LogP contribution in [0.2, 0.25) is 0 Å². The number of benzene rings is 1. The molecule has 0 N–H and O–H groups in total. The number of ether oxygens (including phenoxy) is 3. The zero-order valence-corrected chi connectivity index (χ0v) is 23.8. The Hall–Kier alpha value is -2.46. The van der Waals surface area contributed by atoms with Crippen molar-refractivity contribution in [2.75, 3.05) is 0 Å². The van der Waals surface area contributed by atoms with Crippen molar-refractivity contribution in [2.45, 2.75) is 88.7 Å². The maximum atomic E-state index is 13.8. The molecule has 9 nitrogen and oxygen atoms in total. The molecule has 6 atom stereocenters. The minimum atomic E-state index is -4.72. The van der Waals surface area contributed by atoms with E-state index in [-0.39, 0.29) is 39.9 Å². The normalized spacial score (nSPS) is 40.5. The molecule has 1 heterocycles. The van der Waals surface area contributed by atoms with E-state index in [1.165, 1.54) is 31.4 Å². The lowest BCUT2D eigenvalue weighted by Gasteiger charge is -2.55. The van der Waals surface area contributed by atoms with E-state index in [0.29, 0.717) is 29.7 Å². The number of esters is 3. The molecule has 0 aromatic heterocycles. The average Bonchev–Trinajstić information content (AvgIpc) is 3.47. The van der Waals surface area contributed by atoms with Gasteiger partial charge in [0.25, 0.3) is 0 Å². The van der Waals surface area contributed by atoms with Gasteiger partial charge in [0.15, 0.2) is 0 Å². The molecule has 1 saturated heterocycles. The lowest BCUT2D eigenvalue weighted by molar-refractivity contribution is -0.187. The van der Waals surface area contributed by atoms with Crippen molar-refractivity contribution in [3.05, 3.63) is 23.3 Å². The summed E-state index contributed by atoms with van der Waals surface area (Å²) in [7, 11) is -4.72. The molecule has 0 amide bonds. The summed E-state index contributed by atoms with van der Waals surface area (Å²) in [5.74, 6) is -1.76. The molecule has 1 aliphatic heterocycles. The fourth-order valence-corrected chi connectivity index (χ4v) is 10.6. The van der Waals surface area contributed by atoms with Crippen molar-refractivity contribution in [1.29, 1.82) is 0 Å². The Morgan fingerprint density at radius 3 is 2.23 bits per heavy atom. The fraction of sp³-hybridized carbons (Fsp3) is 0.700. The molecule has 6 aliphatic carbocycles. The first-order valence-electron chi connectivity index (χ1n) is 14.6. The van der Waals surface area contributed by atoms with Gasteiger partial charge in [-0.15, -0.1) is 0 Å². The monoisotopic (exact) mass is 571 g/mol. The lowest BCUT2D eigenvalue weighted by Crippen LogP contribution is -2.53.